The number of hydrogen-bond acceptors (Lipinski definition) is 4. The molecule has 8 nitrogen and oxygen atoms in total. The molecule has 2 heterocycles. The first kappa shape index (κ1) is 19.1. The van der Waals surface area contributed by atoms with Crippen LogP contribution >= 0.6 is 15.9 Å². The maximum atomic E-state index is 12.7. The van der Waals surface area contributed by atoms with E-state index in [0.717, 1.165) is 14.6 Å². The zero-order valence-electron chi connectivity index (χ0n) is 15.3. The van der Waals surface area contributed by atoms with Crippen molar-refractivity contribution in [1.82, 2.24) is 24.0 Å². The Hall–Kier alpha value is -2.68. The Kier molecular flexibility index (Phi) is 5.31. The second kappa shape index (κ2) is 7.51. The fourth-order valence-electron chi connectivity index (χ4n) is 3.04. The number of benzene rings is 1. The van der Waals surface area contributed by atoms with Crippen molar-refractivity contribution in [2.75, 3.05) is 0 Å². The molecule has 3 rings (SSSR count). The van der Waals surface area contributed by atoms with Crippen LogP contribution in [0.1, 0.15) is 24.9 Å². The van der Waals surface area contributed by atoms with Crippen LogP contribution in [0.2, 0.25) is 0 Å². The molecule has 1 atom stereocenters. The zero-order chi connectivity index (χ0) is 19.7. The number of halogens is 1. The van der Waals surface area contributed by atoms with Crippen molar-refractivity contribution in [3.8, 4) is 0 Å². The Morgan fingerprint density at radius 2 is 1.89 bits per heavy atom. The Labute approximate surface area is 163 Å². The summed E-state index contributed by atoms with van der Waals surface area (Å²) < 4.78 is 4.71. The van der Waals surface area contributed by atoms with Gasteiger partial charge in [-0.15, -0.1) is 0 Å². The number of rotatable bonds is 5. The van der Waals surface area contributed by atoms with E-state index in [2.05, 4.69) is 26.2 Å². The summed E-state index contributed by atoms with van der Waals surface area (Å²) in [5.41, 5.74) is 0.435. The van der Waals surface area contributed by atoms with Gasteiger partial charge in [0.25, 0.3) is 5.56 Å². The third-order valence-corrected chi connectivity index (χ3v) is 5.05. The van der Waals surface area contributed by atoms with Gasteiger partial charge in [0.05, 0.1) is 12.4 Å². The Bertz CT molecular complexity index is 1110. The van der Waals surface area contributed by atoms with Crippen molar-refractivity contribution >= 4 is 33.0 Å². The third-order valence-electron chi connectivity index (χ3n) is 4.52. The number of nitrogens with one attached hydrogen (secondary N) is 1. The number of aryl methyl sites for hydroxylation is 2. The minimum absolute atomic E-state index is 0.203. The maximum absolute atomic E-state index is 12.7. The highest BCUT2D eigenvalue weighted by Gasteiger charge is 2.19. The van der Waals surface area contributed by atoms with Crippen molar-refractivity contribution in [2.24, 2.45) is 14.1 Å². The van der Waals surface area contributed by atoms with E-state index in [0.29, 0.717) is 12.1 Å². The van der Waals surface area contributed by atoms with Crippen LogP contribution in [0.25, 0.3) is 11.2 Å². The van der Waals surface area contributed by atoms with Gasteiger partial charge in [-0.2, -0.15) is 0 Å². The first-order chi connectivity index (χ1) is 12.8. The van der Waals surface area contributed by atoms with Gasteiger partial charge in [0.1, 0.15) is 6.54 Å². The highest BCUT2D eigenvalue weighted by atomic mass is 79.9. The van der Waals surface area contributed by atoms with Crippen LogP contribution in [-0.4, -0.2) is 24.6 Å². The number of imidazole rings is 1. The lowest BCUT2D eigenvalue weighted by atomic mass is 10.0. The molecule has 0 aliphatic heterocycles. The molecule has 9 heteroatoms. The summed E-state index contributed by atoms with van der Waals surface area (Å²) >= 11 is 3.39. The summed E-state index contributed by atoms with van der Waals surface area (Å²) in [7, 11) is 3.20. The van der Waals surface area contributed by atoms with E-state index in [4.69, 9.17) is 0 Å². The molecule has 2 aromatic heterocycles. The van der Waals surface area contributed by atoms with Crippen LogP contribution in [0, 0.1) is 0 Å². The largest absolute Gasteiger partial charge is 0.348 e. The third kappa shape index (κ3) is 3.59. The molecule has 0 saturated heterocycles. The molecule has 3 aromatic rings. The molecule has 0 saturated carbocycles. The molecular weight excluding hydrogens is 414 g/mol. The highest BCUT2D eigenvalue weighted by Crippen LogP contribution is 2.19. The fourth-order valence-corrected chi connectivity index (χ4v) is 3.30. The minimum atomic E-state index is -0.571. The summed E-state index contributed by atoms with van der Waals surface area (Å²) in [6, 6.07) is 7.45. The highest BCUT2D eigenvalue weighted by molar-refractivity contribution is 9.10. The zero-order valence-corrected chi connectivity index (χ0v) is 16.9. The van der Waals surface area contributed by atoms with E-state index in [1.807, 2.05) is 31.2 Å². The van der Waals surface area contributed by atoms with Crippen LogP contribution in [-0.2, 0) is 25.4 Å². The Morgan fingerprint density at radius 3 is 2.52 bits per heavy atom. The lowest BCUT2D eigenvalue weighted by Gasteiger charge is -2.18. The number of carbonyl (C=O) groups excluding carboxylic acids is 1. The number of nitrogens with zero attached hydrogens (tertiary/aromatic N) is 4. The van der Waals surface area contributed by atoms with Crippen LogP contribution in [0.15, 0.2) is 44.7 Å². The van der Waals surface area contributed by atoms with Crippen molar-refractivity contribution in [2.45, 2.75) is 25.9 Å². The molecule has 1 aromatic carbocycles. The molecule has 0 aliphatic rings. The average Bonchev–Trinajstić information content (AvgIpc) is 3.04. The summed E-state index contributed by atoms with van der Waals surface area (Å²) in [6.45, 7) is 1.61. The van der Waals surface area contributed by atoms with Crippen molar-refractivity contribution in [1.29, 1.82) is 0 Å². The molecular formula is C18H20BrN5O3. The van der Waals surface area contributed by atoms with Crippen molar-refractivity contribution in [3.05, 3.63) is 61.5 Å². The SMILES string of the molecule is CCC(NC(=O)Cn1c(=O)c2c(ncn2C)n(C)c1=O)c1ccc(Br)cc1. The van der Waals surface area contributed by atoms with E-state index in [9.17, 15) is 14.4 Å². The van der Waals surface area contributed by atoms with Gasteiger partial charge in [0.2, 0.25) is 5.91 Å². The molecule has 142 valence electrons. The van der Waals surface area contributed by atoms with E-state index in [1.165, 1.54) is 17.9 Å². The smallest absolute Gasteiger partial charge is 0.332 e. The van der Waals surface area contributed by atoms with Crippen molar-refractivity contribution < 1.29 is 4.79 Å². The molecule has 1 unspecified atom stereocenters. The summed E-state index contributed by atoms with van der Waals surface area (Å²) in [5, 5.41) is 2.90. The molecule has 1 amide bonds. The van der Waals surface area contributed by atoms with Gasteiger partial charge in [-0.1, -0.05) is 35.0 Å². The normalized spacial score (nSPS) is 12.3. The average molecular weight is 434 g/mol. The maximum Gasteiger partial charge on any atom is 0.332 e. The van der Waals surface area contributed by atoms with Gasteiger partial charge < -0.3 is 9.88 Å². The number of carbonyl (C=O) groups is 1. The summed E-state index contributed by atoms with van der Waals surface area (Å²) in [5.74, 6) is -0.398. The lowest BCUT2D eigenvalue weighted by molar-refractivity contribution is -0.122. The number of amides is 1. The molecule has 27 heavy (non-hydrogen) atoms. The van der Waals surface area contributed by atoms with E-state index >= 15 is 0 Å². The van der Waals surface area contributed by atoms with Gasteiger partial charge in [-0.25, -0.2) is 14.3 Å². The Balaban J connectivity index is 1.89. The molecule has 1 N–H and O–H groups in total. The second-order valence-corrected chi connectivity index (χ2v) is 7.26. The van der Waals surface area contributed by atoms with E-state index in [1.54, 1.807) is 11.6 Å². The quantitative estimate of drug-likeness (QED) is 0.659. The molecule has 0 aliphatic carbocycles. The molecule has 0 radical (unpaired) electrons. The lowest BCUT2D eigenvalue weighted by Crippen LogP contribution is -2.44. The van der Waals surface area contributed by atoms with Crippen molar-refractivity contribution in [3.63, 3.8) is 0 Å². The Morgan fingerprint density at radius 1 is 1.22 bits per heavy atom. The van der Waals surface area contributed by atoms with Gasteiger partial charge in [0, 0.05) is 18.6 Å². The van der Waals surface area contributed by atoms with Gasteiger partial charge in [-0.05, 0) is 24.1 Å². The van der Waals surface area contributed by atoms with Crippen LogP contribution in [0.3, 0.4) is 0 Å². The number of aromatic nitrogens is 4. The second-order valence-electron chi connectivity index (χ2n) is 6.34. The van der Waals surface area contributed by atoms with E-state index < -0.39 is 17.2 Å². The molecule has 0 fully saturated rings. The number of hydrogen-bond donors (Lipinski definition) is 1. The van der Waals surface area contributed by atoms with Crippen LogP contribution < -0.4 is 16.6 Å². The fraction of sp³-hybridized carbons (Fsp3) is 0.333. The van der Waals surface area contributed by atoms with Gasteiger partial charge in [0.15, 0.2) is 11.2 Å². The van der Waals surface area contributed by atoms with Crippen LogP contribution in [0.5, 0.6) is 0 Å². The predicted octanol–water partition coefficient (Wildman–Crippen LogP) is 1.46. The van der Waals surface area contributed by atoms with Gasteiger partial charge in [-0.3, -0.25) is 14.2 Å². The molecule has 0 bridgehead atoms. The topological polar surface area (TPSA) is 90.9 Å². The first-order valence-electron chi connectivity index (χ1n) is 8.49. The first-order valence-corrected chi connectivity index (χ1v) is 9.28. The van der Waals surface area contributed by atoms with Gasteiger partial charge >= 0.3 is 5.69 Å². The predicted molar refractivity (Wildman–Crippen MR) is 106 cm³/mol. The summed E-state index contributed by atoms with van der Waals surface area (Å²) in [6.07, 6.45) is 2.15. The monoisotopic (exact) mass is 433 g/mol. The van der Waals surface area contributed by atoms with Crippen LogP contribution in [0.4, 0.5) is 0 Å². The molecule has 0 spiro atoms. The summed E-state index contributed by atoms with van der Waals surface area (Å²) in [4.78, 5) is 41.8. The minimum Gasteiger partial charge on any atom is -0.348 e. The number of fused-ring (bicyclic) bond motifs is 1. The standard InChI is InChI=1S/C18H20BrN5O3/c1-4-13(11-5-7-12(19)8-6-11)21-14(25)9-24-17(26)15-16(20-10-22(15)2)23(3)18(24)27/h5-8,10,13H,4,9H2,1-3H3,(H,21,25). The van der Waals surface area contributed by atoms with E-state index in [-0.39, 0.29) is 18.1 Å².